The minimum Gasteiger partial charge on any atom is -0.364 e. The van der Waals surface area contributed by atoms with Crippen molar-refractivity contribution in [1.29, 1.82) is 0 Å². The number of hydrogen-bond donors (Lipinski definition) is 1. The molecule has 0 amide bonds. The molecular weight excluding hydrogens is 242 g/mol. The van der Waals surface area contributed by atoms with Crippen molar-refractivity contribution < 1.29 is 4.74 Å². The molecule has 0 aromatic carbocycles. The summed E-state index contributed by atoms with van der Waals surface area (Å²) in [5, 5.41) is 3.51. The van der Waals surface area contributed by atoms with E-state index in [1.54, 1.807) is 11.3 Å². The van der Waals surface area contributed by atoms with Crippen molar-refractivity contribution in [3.8, 4) is 0 Å². The van der Waals surface area contributed by atoms with Gasteiger partial charge in [-0.2, -0.15) is 0 Å². The van der Waals surface area contributed by atoms with E-state index in [4.69, 9.17) is 16.3 Å². The van der Waals surface area contributed by atoms with Crippen LogP contribution >= 0.6 is 22.9 Å². The third-order valence-electron chi connectivity index (χ3n) is 3.60. The molecule has 1 aliphatic carbocycles. The zero-order chi connectivity index (χ0) is 11.0. The van der Waals surface area contributed by atoms with Gasteiger partial charge in [-0.15, -0.1) is 11.3 Å². The summed E-state index contributed by atoms with van der Waals surface area (Å²) < 4.78 is 7.18. The van der Waals surface area contributed by atoms with Crippen LogP contribution in [0.2, 0.25) is 4.34 Å². The van der Waals surface area contributed by atoms with Crippen LogP contribution in [0.5, 0.6) is 0 Å². The van der Waals surface area contributed by atoms with E-state index in [1.807, 2.05) is 6.07 Å². The third kappa shape index (κ3) is 2.02. The monoisotopic (exact) mass is 257 g/mol. The number of hydrogen-bond acceptors (Lipinski definition) is 3. The van der Waals surface area contributed by atoms with Crippen molar-refractivity contribution in [2.45, 2.75) is 37.4 Å². The SMILES string of the molecule is Clc1ccc(C2CNCC3(CCCC3)O2)s1. The minimum absolute atomic E-state index is 0.110. The number of nitrogens with one attached hydrogen (secondary N) is 1. The van der Waals surface area contributed by atoms with E-state index in [0.29, 0.717) is 0 Å². The van der Waals surface area contributed by atoms with Crippen molar-refractivity contribution in [3.63, 3.8) is 0 Å². The van der Waals surface area contributed by atoms with Gasteiger partial charge in [-0.1, -0.05) is 24.4 Å². The van der Waals surface area contributed by atoms with E-state index in [-0.39, 0.29) is 11.7 Å². The Morgan fingerprint density at radius 2 is 2.19 bits per heavy atom. The highest BCUT2D eigenvalue weighted by Gasteiger charge is 2.40. The van der Waals surface area contributed by atoms with Gasteiger partial charge in [0.25, 0.3) is 0 Å². The summed E-state index contributed by atoms with van der Waals surface area (Å²) in [5.74, 6) is 0. The number of rotatable bonds is 1. The molecule has 1 aliphatic heterocycles. The number of halogens is 1. The lowest BCUT2D eigenvalue weighted by atomic mass is 9.99. The van der Waals surface area contributed by atoms with Gasteiger partial charge in [0, 0.05) is 18.0 Å². The topological polar surface area (TPSA) is 21.3 Å². The van der Waals surface area contributed by atoms with Crippen LogP contribution in [0.3, 0.4) is 0 Å². The van der Waals surface area contributed by atoms with Crippen LogP contribution in [0.25, 0.3) is 0 Å². The lowest BCUT2D eigenvalue weighted by Crippen LogP contribution is -2.48. The second-order valence-electron chi connectivity index (χ2n) is 4.77. The molecule has 88 valence electrons. The van der Waals surface area contributed by atoms with Crippen molar-refractivity contribution >= 4 is 22.9 Å². The van der Waals surface area contributed by atoms with Gasteiger partial charge in [0.2, 0.25) is 0 Å². The second-order valence-corrected chi connectivity index (χ2v) is 6.52. The molecular formula is C12H16ClNOS. The summed E-state index contributed by atoms with van der Waals surface area (Å²) in [5.41, 5.74) is 0.110. The highest BCUT2D eigenvalue weighted by molar-refractivity contribution is 7.16. The van der Waals surface area contributed by atoms with Gasteiger partial charge >= 0.3 is 0 Å². The largest absolute Gasteiger partial charge is 0.364 e. The molecule has 2 fully saturated rings. The summed E-state index contributed by atoms with van der Waals surface area (Å²) in [4.78, 5) is 1.25. The maximum absolute atomic E-state index is 6.32. The Bertz CT molecular complexity index is 373. The van der Waals surface area contributed by atoms with E-state index in [9.17, 15) is 0 Å². The van der Waals surface area contributed by atoms with E-state index >= 15 is 0 Å². The molecule has 0 bridgehead atoms. The first-order chi connectivity index (χ1) is 7.77. The van der Waals surface area contributed by atoms with Crippen LogP contribution in [0.1, 0.15) is 36.7 Å². The summed E-state index contributed by atoms with van der Waals surface area (Å²) in [7, 11) is 0. The van der Waals surface area contributed by atoms with Crippen molar-refractivity contribution in [3.05, 3.63) is 21.3 Å². The van der Waals surface area contributed by atoms with Gasteiger partial charge in [-0.05, 0) is 25.0 Å². The highest BCUT2D eigenvalue weighted by Crippen LogP contribution is 2.40. The molecule has 1 spiro atoms. The van der Waals surface area contributed by atoms with Crippen LogP contribution in [0.15, 0.2) is 12.1 Å². The Balaban J connectivity index is 1.77. The normalized spacial score (nSPS) is 28.7. The number of morpholine rings is 1. The summed E-state index contributed by atoms with van der Waals surface area (Å²) in [6, 6.07) is 4.05. The fourth-order valence-electron chi connectivity index (χ4n) is 2.79. The standard InChI is InChI=1S/C12H16ClNOS/c13-11-4-3-10(16-11)9-7-14-8-12(15-9)5-1-2-6-12/h3-4,9,14H,1-2,5-8H2. The van der Waals surface area contributed by atoms with E-state index < -0.39 is 0 Å². The van der Waals surface area contributed by atoms with Crippen LogP contribution in [-0.2, 0) is 4.74 Å². The quantitative estimate of drug-likeness (QED) is 0.833. The van der Waals surface area contributed by atoms with Gasteiger partial charge in [-0.25, -0.2) is 0 Å². The lowest BCUT2D eigenvalue weighted by molar-refractivity contribution is -0.113. The molecule has 1 N–H and O–H groups in total. The van der Waals surface area contributed by atoms with Crippen LogP contribution < -0.4 is 5.32 Å². The maximum Gasteiger partial charge on any atom is 0.105 e. The lowest BCUT2D eigenvalue weighted by Gasteiger charge is -2.39. The molecule has 1 saturated heterocycles. The molecule has 1 aromatic heterocycles. The second kappa shape index (κ2) is 4.30. The molecule has 2 aliphatic rings. The Morgan fingerprint density at radius 3 is 2.88 bits per heavy atom. The van der Waals surface area contributed by atoms with Crippen LogP contribution in [0, 0.1) is 0 Å². The van der Waals surface area contributed by atoms with E-state index in [0.717, 1.165) is 17.4 Å². The molecule has 1 saturated carbocycles. The van der Waals surface area contributed by atoms with E-state index in [1.165, 1.54) is 30.6 Å². The Morgan fingerprint density at radius 1 is 1.38 bits per heavy atom. The first-order valence-corrected chi connectivity index (χ1v) is 7.11. The average Bonchev–Trinajstić information content (AvgIpc) is 2.89. The fraction of sp³-hybridized carbons (Fsp3) is 0.667. The van der Waals surface area contributed by atoms with Gasteiger partial charge < -0.3 is 10.1 Å². The molecule has 0 radical (unpaired) electrons. The van der Waals surface area contributed by atoms with E-state index in [2.05, 4.69) is 11.4 Å². The molecule has 2 heterocycles. The minimum atomic E-state index is 0.110. The van der Waals surface area contributed by atoms with Crippen LogP contribution in [0.4, 0.5) is 0 Å². The third-order valence-corrected chi connectivity index (χ3v) is 4.92. The Kier molecular flexibility index (Phi) is 2.96. The van der Waals surface area contributed by atoms with Crippen molar-refractivity contribution in [1.82, 2.24) is 5.32 Å². The zero-order valence-electron chi connectivity index (χ0n) is 9.17. The molecule has 4 heteroatoms. The first kappa shape index (κ1) is 11.0. The zero-order valence-corrected chi connectivity index (χ0v) is 10.7. The van der Waals surface area contributed by atoms with Gasteiger partial charge in [0.15, 0.2) is 0 Å². The van der Waals surface area contributed by atoms with Crippen molar-refractivity contribution in [2.24, 2.45) is 0 Å². The van der Waals surface area contributed by atoms with Crippen LogP contribution in [-0.4, -0.2) is 18.7 Å². The average molecular weight is 258 g/mol. The van der Waals surface area contributed by atoms with Gasteiger partial charge in [-0.3, -0.25) is 0 Å². The molecule has 1 aromatic rings. The Hall–Kier alpha value is -0.0900. The molecule has 16 heavy (non-hydrogen) atoms. The maximum atomic E-state index is 6.32. The summed E-state index contributed by atoms with van der Waals surface area (Å²) >= 11 is 7.61. The molecule has 2 nitrogen and oxygen atoms in total. The van der Waals surface area contributed by atoms with Gasteiger partial charge in [0.1, 0.15) is 6.10 Å². The number of thiophene rings is 1. The fourth-order valence-corrected chi connectivity index (χ4v) is 3.88. The smallest absolute Gasteiger partial charge is 0.105 e. The predicted molar refractivity (Wildman–Crippen MR) is 67.2 cm³/mol. The molecule has 1 unspecified atom stereocenters. The summed E-state index contributed by atoms with van der Waals surface area (Å²) in [6.45, 7) is 1.93. The molecule has 1 atom stereocenters. The van der Waals surface area contributed by atoms with Crippen molar-refractivity contribution in [2.75, 3.05) is 13.1 Å². The highest BCUT2D eigenvalue weighted by atomic mass is 35.5. The first-order valence-electron chi connectivity index (χ1n) is 5.91. The number of ether oxygens (including phenoxy) is 1. The summed E-state index contributed by atoms with van der Waals surface area (Å²) in [6.07, 6.45) is 5.22. The van der Waals surface area contributed by atoms with Gasteiger partial charge in [0.05, 0.1) is 9.94 Å². The Labute approximate surface area is 105 Å². The molecule has 3 rings (SSSR count). The predicted octanol–water partition coefficient (Wildman–Crippen LogP) is 3.38.